The molecule has 18 heavy (non-hydrogen) atoms. The lowest BCUT2D eigenvalue weighted by Crippen LogP contribution is -2.27. The van der Waals surface area contributed by atoms with E-state index in [9.17, 15) is 0 Å². The topological polar surface area (TPSA) is 29.9 Å². The Labute approximate surface area is 112 Å². The summed E-state index contributed by atoms with van der Waals surface area (Å²) in [6.07, 6.45) is 1.30. The van der Waals surface area contributed by atoms with E-state index in [0.29, 0.717) is 6.04 Å². The third-order valence-electron chi connectivity index (χ3n) is 3.69. The van der Waals surface area contributed by atoms with Gasteiger partial charge in [0.15, 0.2) is 0 Å². The molecule has 1 saturated heterocycles. The van der Waals surface area contributed by atoms with E-state index in [2.05, 4.69) is 40.1 Å². The molecule has 2 heterocycles. The van der Waals surface area contributed by atoms with Crippen molar-refractivity contribution in [2.45, 2.75) is 25.9 Å². The normalized spacial score (nSPS) is 19.8. The number of hydrogen-bond donors (Lipinski definition) is 1. The summed E-state index contributed by atoms with van der Waals surface area (Å²) in [6.45, 7) is 3.00. The van der Waals surface area contributed by atoms with Gasteiger partial charge >= 0.3 is 0 Å². The molecule has 1 fully saturated rings. The van der Waals surface area contributed by atoms with Crippen molar-refractivity contribution in [2.75, 3.05) is 11.5 Å². The summed E-state index contributed by atoms with van der Waals surface area (Å²) in [6, 6.07) is 7.28. The van der Waals surface area contributed by atoms with E-state index in [-0.39, 0.29) is 0 Å². The summed E-state index contributed by atoms with van der Waals surface area (Å²) in [5, 5.41) is 3.63. The Morgan fingerprint density at radius 3 is 3.17 bits per heavy atom. The molecule has 1 aliphatic rings. The molecule has 0 spiro atoms. The smallest absolute Gasteiger partial charge is 0.106 e. The van der Waals surface area contributed by atoms with Crippen molar-refractivity contribution in [3.8, 4) is 0 Å². The van der Waals surface area contributed by atoms with Crippen LogP contribution in [-0.4, -0.2) is 27.1 Å². The van der Waals surface area contributed by atoms with E-state index in [0.717, 1.165) is 17.9 Å². The van der Waals surface area contributed by atoms with Gasteiger partial charge in [0.1, 0.15) is 5.82 Å². The Morgan fingerprint density at radius 2 is 2.39 bits per heavy atom. The van der Waals surface area contributed by atoms with Crippen LogP contribution in [0.1, 0.15) is 17.8 Å². The minimum Gasteiger partial charge on any atom is -0.331 e. The zero-order valence-corrected chi connectivity index (χ0v) is 11.8. The van der Waals surface area contributed by atoms with Crippen LogP contribution in [0.15, 0.2) is 18.2 Å². The standard InChI is InChI=1S/C14H19N3S/c1-10-16-13-7-11(3-4-14(13)17(10)2)8-15-12-5-6-18-9-12/h3-4,7,12,15H,5-6,8-9H2,1-2H3/t12-/m1/s1. The average Bonchev–Trinajstić information content (AvgIpc) is 2.97. The Bertz CT molecular complexity index is 555. The maximum absolute atomic E-state index is 4.58. The first-order valence-electron chi connectivity index (χ1n) is 6.47. The minimum absolute atomic E-state index is 0.691. The summed E-state index contributed by atoms with van der Waals surface area (Å²) in [5.41, 5.74) is 3.65. The molecule has 0 bridgehead atoms. The van der Waals surface area contributed by atoms with Gasteiger partial charge in [0.25, 0.3) is 0 Å². The first kappa shape index (κ1) is 12.1. The number of fused-ring (bicyclic) bond motifs is 1. The van der Waals surface area contributed by atoms with Crippen LogP contribution >= 0.6 is 11.8 Å². The van der Waals surface area contributed by atoms with Gasteiger partial charge in [-0.25, -0.2) is 4.98 Å². The summed E-state index contributed by atoms with van der Waals surface area (Å²) in [7, 11) is 2.07. The summed E-state index contributed by atoms with van der Waals surface area (Å²) >= 11 is 2.05. The molecule has 2 aromatic rings. The molecule has 0 saturated carbocycles. The van der Waals surface area contributed by atoms with Gasteiger partial charge in [-0.2, -0.15) is 11.8 Å². The molecular formula is C14H19N3S. The zero-order valence-electron chi connectivity index (χ0n) is 10.9. The van der Waals surface area contributed by atoms with Gasteiger partial charge in [-0.15, -0.1) is 0 Å². The fourth-order valence-corrected chi connectivity index (χ4v) is 3.62. The number of aromatic nitrogens is 2. The van der Waals surface area contributed by atoms with Crippen LogP contribution in [0.4, 0.5) is 0 Å². The van der Waals surface area contributed by atoms with Crippen LogP contribution < -0.4 is 5.32 Å². The average molecular weight is 261 g/mol. The van der Waals surface area contributed by atoms with Gasteiger partial charge in [-0.1, -0.05) is 6.07 Å². The molecule has 0 aliphatic carbocycles. The number of aryl methyl sites for hydroxylation is 2. The molecule has 0 amide bonds. The highest BCUT2D eigenvalue weighted by atomic mass is 32.2. The number of nitrogens with one attached hydrogen (secondary N) is 1. The molecular weight excluding hydrogens is 242 g/mol. The molecule has 96 valence electrons. The largest absolute Gasteiger partial charge is 0.331 e. The number of hydrogen-bond acceptors (Lipinski definition) is 3. The van der Waals surface area contributed by atoms with Gasteiger partial charge in [0.05, 0.1) is 11.0 Å². The zero-order chi connectivity index (χ0) is 12.5. The van der Waals surface area contributed by atoms with Crippen molar-refractivity contribution in [1.82, 2.24) is 14.9 Å². The van der Waals surface area contributed by atoms with E-state index in [1.54, 1.807) is 0 Å². The Kier molecular flexibility index (Phi) is 3.31. The lowest BCUT2D eigenvalue weighted by atomic mass is 10.2. The van der Waals surface area contributed by atoms with Crippen LogP contribution in [0.5, 0.6) is 0 Å². The minimum atomic E-state index is 0.691. The van der Waals surface area contributed by atoms with Gasteiger partial charge in [0, 0.05) is 25.4 Å². The van der Waals surface area contributed by atoms with E-state index < -0.39 is 0 Å². The summed E-state index contributed by atoms with van der Waals surface area (Å²) < 4.78 is 2.14. The Morgan fingerprint density at radius 1 is 1.50 bits per heavy atom. The molecule has 0 unspecified atom stereocenters. The molecule has 1 N–H and O–H groups in total. The molecule has 1 aromatic heterocycles. The SMILES string of the molecule is Cc1nc2cc(CN[C@@H]3CCSC3)ccc2n1C. The highest BCUT2D eigenvalue weighted by Gasteiger charge is 2.14. The Balaban J connectivity index is 1.76. The van der Waals surface area contributed by atoms with Crippen molar-refractivity contribution >= 4 is 22.8 Å². The number of rotatable bonds is 3. The fraction of sp³-hybridized carbons (Fsp3) is 0.500. The molecule has 3 rings (SSSR count). The lowest BCUT2D eigenvalue weighted by Gasteiger charge is -2.10. The molecule has 0 radical (unpaired) electrons. The van der Waals surface area contributed by atoms with Crippen molar-refractivity contribution in [3.05, 3.63) is 29.6 Å². The van der Waals surface area contributed by atoms with Gasteiger partial charge < -0.3 is 9.88 Å². The van der Waals surface area contributed by atoms with Crippen molar-refractivity contribution in [1.29, 1.82) is 0 Å². The van der Waals surface area contributed by atoms with Crippen molar-refractivity contribution in [3.63, 3.8) is 0 Å². The maximum atomic E-state index is 4.58. The third-order valence-corrected chi connectivity index (χ3v) is 4.86. The number of thioether (sulfide) groups is 1. The highest BCUT2D eigenvalue weighted by molar-refractivity contribution is 7.99. The number of nitrogens with zero attached hydrogens (tertiary/aromatic N) is 2. The third kappa shape index (κ3) is 2.27. The van der Waals surface area contributed by atoms with E-state index >= 15 is 0 Å². The predicted molar refractivity (Wildman–Crippen MR) is 78.0 cm³/mol. The molecule has 4 heteroatoms. The molecule has 1 aromatic carbocycles. The predicted octanol–water partition coefficient (Wildman–Crippen LogP) is 2.48. The monoisotopic (exact) mass is 261 g/mol. The summed E-state index contributed by atoms with van der Waals surface area (Å²) in [4.78, 5) is 4.58. The maximum Gasteiger partial charge on any atom is 0.106 e. The van der Waals surface area contributed by atoms with Crippen molar-refractivity contribution in [2.24, 2.45) is 7.05 Å². The molecule has 3 nitrogen and oxygen atoms in total. The van der Waals surface area contributed by atoms with E-state index in [1.807, 2.05) is 18.7 Å². The van der Waals surface area contributed by atoms with Crippen LogP contribution in [0.2, 0.25) is 0 Å². The highest BCUT2D eigenvalue weighted by Crippen LogP contribution is 2.19. The first-order chi connectivity index (χ1) is 8.74. The van der Waals surface area contributed by atoms with Gasteiger partial charge in [0.2, 0.25) is 0 Å². The second-order valence-electron chi connectivity index (χ2n) is 4.98. The van der Waals surface area contributed by atoms with Gasteiger partial charge in [-0.3, -0.25) is 0 Å². The number of benzene rings is 1. The van der Waals surface area contributed by atoms with Crippen molar-refractivity contribution < 1.29 is 0 Å². The fourth-order valence-electron chi connectivity index (χ4n) is 2.43. The van der Waals surface area contributed by atoms with Crippen LogP contribution in [0.25, 0.3) is 11.0 Å². The van der Waals surface area contributed by atoms with E-state index in [1.165, 1.54) is 29.0 Å². The molecule has 1 atom stereocenters. The van der Waals surface area contributed by atoms with Crippen LogP contribution in [0, 0.1) is 6.92 Å². The second kappa shape index (κ2) is 4.94. The van der Waals surface area contributed by atoms with E-state index in [4.69, 9.17) is 0 Å². The molecule has 1 aliphatic heterocycles. The Hall–Kier alpha value is -1.00. The second-order valence-corrected chi connectivity index (χ2v) is 6.13. The van der Waals surface area contributed by atoms with Crippen LogP contribution in [-0.2, 0) is 13.6 Å². The number of imidazole rings is 1. The van der Waals surface area contributed by atoms with Crippen LogP contribution in [0.3, 0.4) is 0 Å². The van der Waals surface area contributed by atoms with Gasteiger partial charge in [-0.05, 0) is 36.8 Å². The quantitative estimate of drug-likeness (QED) is 0.920. The summed E-state index contributed by atoms with van der Waals surface area (Å²) in [5.74, 6) is 3.63. The lowest BCUT2D eigenvalue weighted by molar-refractivity contribution is 0.558. The first-order valence-corrected chi connectivity index (χ1v) is 7.62.